The van der Waals surface area contributed by atoms with Crippen LogP contribution in [0.4, 0.5) is 11.8 Å². The van der Waals surface area contributed by atoms with Crippen LogP contribution < -0.4 is 10.6 Å². The first-order valence-electron chi connectivity index (χ1n) is 14.4. The van der Waals surface area contributed by atoms with Crippen molar-refractivity contribution in [1.82, 2.24) is 34.6 Å². The summed E-state index contributed by atoms with van der Waals surface area (Å²) in [4.78, 5) is 30.8. The van der Waals surface area contributed by atoms with Crippen molar-refractivity contribution in [3.05, 3.63) is 41.9 Å². The van der Waals surface area contributed by atoms with Gasteiger partial charge in [0, 0.05) is 69.7 Å². The van der Waals surface area contributed by atoms with Crippen LogP contribution >= 0.6 is 0 Å². The maximum Gasteiger partial charge on any atom is 0.270 e. The predicted molar refractivity (Wildman–Crippen MR) is 151 cm³/mol. The smallest absolute Gasteiger partial charge is 0.270 e. The van der Waals surface area contributed by atoms with Crippen molar-refractivity contribution in [2.75, 3.05) is 45.6 Å². The number of rotatable bonds is 6. The second kappa shape index (κ2) is 10.8. The molecule has 1 spiro atoms. The molecule has 0 bridgehead atoms. The van der Waals surface area contributed by atoms with E-state index < -0.39 is 6.23 Å². The van der Waals surface area contributed by atoms with Crippen LogP contribution in [0.3, 0.4) is 0 Å². The van der Waals surface area contributed by atoms with Crippen molar-refractivity contribution in [3.8, 4) is 0 Å². The summed E-state index contributed by atoms with van der Waals surface area (Å²) in [7, 11) is 3.58. The van der Waals surface area contributed by atoms with Gasteiger partial charge in [-0.3, -0.25) is 9.69 Å². The highest BCUT2D eigenvalue weighted by Gasteiger charge is 2.40. The molecule has 2 aliphatic heterocycles. The molecule has 3 aliphatic rings. The summed E-state index contributed by atoms with van der Waals surface area (Å²) in [5, 5.41) is 18.4. The number of anilines is 2. The zero-order valence-electron chi connectivity index (χ0n) is 23.1. The Morgan fingerprint density at radius 2 is 1.85 bits per heavy atom. The number of nitrogens with zero attached hydrogens (tertiary/aromatic N) is 6. The fourth-order valence-corrected chi connectivity index (χ4v) is 6.38. The summed E-state index contributed by atoms with van der Waals surface area (Å²) in [5.74, 6) is 1.03. The lowest BCUT2D eigenvalue weighted by molar-refractivity contribution is -0.0485. The molecule has 1 amide bonds. The van der Waals surface area contributed by atoms with Crippen molar-refractivity contribution in [2.24, 2.45) is 5.41 Å². The molecule has 1 unspecified atom stereocenters. The quantitative estimate of drug-likeness (QED) is 0.411. The van der Waals surface area contributed by atoms with Crippen molar-refractivity contribution in [3.63, 3.8) is 0 Å². The van der Waals surface area contributed by atoms with E-state index in [4.69, 9.17) is 4.98 Å². The lowest BCUT2D eigenvalue weighted by Crippen LogP contribution is -2.58. The van der Waals surface area contributed by atoms with Crippen LogP contribution in [0.1, 0.15) is 79.7 Å². The standard InChI is InChI=1S/C29H40N8O2/c1-35(2)27(39)23-15-21-17-32-28(34-25(21)37(23)22-7-5-3-4-6-8-22)33-24-10-9-20(16-31-24)26(38)36-13-11-29(12-14-36)18-30-19-29/h9-10,15-17,22,26,30,38H,3-8,11-14,18-19H2,1-2H3,(H,31,32,33,34). The lowest BCUT2D eigenvalue weighted by Gasteiger charge is -2.49. The first-order chi connectivity index (χ1) is 18.9. The van der Waals surface area contributed by atoms with Gasteiger partial charge in [0.15, 0.2) is 0 Å². The van der Waals surface area contributed by atoms with Crippen LogP contribution in [0.2, 0.25) is 0 Å². The van der Waals surface area contributed by atoms with E-state index in [9.17, 15) is 9.90 Å². The van der Waals surface area contributed by atoms with Gasteiger partial charge in [-0.2, -0.15) is 4.98 Å². The summed E-state index contributed by atoms with van der Waals surface area (Å²) in [6, 6.07) is 5.94. The van der Waals surface area contributed by atoms with Gasteiger partial charge in [0.2, 0.25) is 5.95 Å². The Bertz CT molecular complexity index is 1300. The average molecular weight is 533 g/mol. The van der Waals surface area contributed by atoms with E-state index in [0.29, 0.717) is 22.9 Å². The predicted octanol–water partition coefficient (Wildman–Crippen LogP) is 3.84. The molecule has 208 valence electrons. The van der Waals surface area contributed by atoms with E-state index in [2.05, 4.69) is 30.1 Å². The van der Waals surface area contributed by atoms with E-state index in [1.165, 1.54) is 12.8 Å². The van der Waals surface area contributed by atoms with Gasteiger partial charge in [0.1, 0.15) is 23.4 Å². The molecule has 2 saturated heterocycles. The van der Waals surface area contributed by atoms with Crippen LogP contribution in [0.5, 0.6) is 0 Å². The Kier molecular flexibility index (Phi) is 7.26. The minimum atomic E-state index is -0.653. The summed E-state index contributed by atoms with van der Waals surface area (Å²) >= 11 is 0. The van der Waals surface area contributed by atoms with Crippen LogP contribution in [0, 0.1) is 5.41 Å². The molecule has 3 fully saturated rings. The first-order valence-corrected chi connectivity index (χ1v) is 14.4. The topological polar surface area (TPSA) is 111 Å². The van der Waals surface area contributed by atoms with Gasteiger partial charge < -0.3 is 25.2 Å². The number of carbonyl (C=O) groups excluding carboxylic acids is 1. The number of aromatic nitrogens is 4. The van der Waals surface area contributed by atoms with E-state index in [1.54, 1.807) is 31.4 Å². The minimum absolute atomic E-state index is 0.0178. The highest BCUT2D eigenvalue weighted by Crippen LogP contribution is 2.37. The van der Waals surface area contributed by atoms with Crippen LogP contribution in [0.25, 0.3) is 11.0 Å². The second-order valence-electron chi connectivity index (χ2n) is 11.8. The summed E-state index contributed by atoms with van der Waals surface area (Å²) < 4.78 is 2.14. The monoisotopic (exact) mass is 532 g/mol. The molecule has 1 saturated carbocycles. The van der Waals surface area contributed by atoms with Gasteiger partial charge in [-0.1, -0.05) is 25.7 Å². The maximum absolute atomic E-state index is 13.1. The Hall–Kier alpha value is -3.08. The molecule has 0 radical (unpaired) electrons. The molecule has 6 rings (SSSR count). The lowest BCUT2D eigenvalue weighted by atomic mass is 9.73. The highest BCUT2D eigenvalue weighted by molar-refractivity contribution is 5.97. The third-order valence-corrected chi connectivity index (χ3v) is 8.92. The van der Waals surface area contributed by atoms with Gasteiger partial charge in [-0.15, -0.1) is 0 Å². The summed E-state index contributed by atoms with van der Waals surface area (Å²) in [6.45, 7) is 4.00. The molecule has 39 heavy (non-hydrogen) atoms. The number of pyridine rings is 1. The van der Waals surface area contributed by atoms with Crippen molar-refractivity contribution in [2.45, 2.75) is 63.6 Å². The Labute approximate surface area is 229 Å². The molecule has 1 atom stereocenters. The normalized spacial score (nSPS) is 20.9. The SMILES string of the molecule is CN(C)C(=O)c1cc2cnc(Nc3ccc(C(O)N4CCC5(CC4)CNC5)cn3)nc2n1C1CCCCCC1. The number of hydrogen-bond acceptors (Lipinski definition) is 8. The molecule has 5 heterocycles. The number of aliphatic hydroxyl groups is 1. The number of likely N-dealkylation sites (tertiary alicyclic amines) is 1. The number of nitrogens with one attached hydrogen (secondary N) is 2. The molecule has 3 N–H and O–H groups in total. The number of amides is 1. The third kappa shape index (κ3) is 5.25. The second-order valence-corrected chi connectivity index (χ2v) is 11.8. The van der Waals surface area contributed by atoms with E-state index in [1.807, 2.05) is 18.2 Å². The summed E-state index contributed by atoms with van der Waals surface area (Å²) in [6.07, 6.45) is 12.0. The molecule has 1 aliphatic carbocycles. The largest absolute Gasteiger partial charge is 0.374 e. The van der Waals surface area contributed by atoms with Crippen molar-refractivity contribution < 1.29 is 9.90 Å². The zero-order valence-corrected chi connectivity index (χ0v) is 23.1. The molecule has 3 aromatic rings. The number of hydrogen-bond donors (Lipinski definition) is 3. The molecular weight excluding hydrogens is 492 g/mol. The average Bonchev–Trinajstić information content (AvgIpc) is 3.10. The van der Waals surface area contributed by atoms with Crippen LogP contribution in [-0.2, 0) is 0 Å². The van der Waals surface area contributed by atoms with E-state index >= 15 is 0 Å². The van der Waals surface area contributed by atoms with Gasteiger partial charge in [0.05, 0.1) is 0 Å². The number of piperidine rings is 1. The number of carbonyl (C=O) groups is 1. The van der Waals surface area contributed by atoms with Gasteiger partial charge in [0.25, 0.3) is 5.91 Å². The Morgan fingerprint density at radius 3 is 2.46 bits per heavy atom. The maximum atomic E-state index is 13.1. The fourth-order valence-electron chi connectivity index (χ4n) is 6.38. The fraction of sp³-hybridized carbons (Fsp3) is 0.586. The van der Waals surface area contributed by atoms with Gasteiger partial charge >= 0.3 is 0 Å². The van der Waals surface area contributed by atoms with Crippen LogP contribution in [-0.4, -0.2) is 80.6 Å². The van der Waals surface area contributed by atoms with Gasteiger partial charge in [-0.25, -0.2) is 9.97 Å². The highest BCUT2D eigenvalue weighted by atomic mass is 16.3. The zero-order chi connectivity index (χ0) is 27.0. The molecule has 10 nitrogen and oxygen atoms in total. The Morgan fingerprint density at radius 1 is 1.10 bits per heavy atom. The summed E-state index contributed by atoms with van der Waals surface area (Å²) in [5.41, 5.74) is 2.68. The first kappa shape index (κ1) is 26.2. The molecular formula is C29H40N8O2. The van der Waals surface area contributed by atoms with E-state index in [0.717, 1.165) is 81.3 Å². The molecule has 10 heteroatoms. The van der Waals surface area contributed by atoms with Crippen molar-refractivity contribution >= 4 is 28.7 Å². The van der Waals surface area contributed by atoms with Crippen molar-refractivity contribution in [1.29, 1.82) is 0 Å². The Balaban J connectivity index is 1.20. The van der Waals surface area contributed by atoms with Crippen LogP contribution in [0.15, 0.2) is 30.6 Å². The third-order valence-electron chi connectivity index (χ3n) is 8.92. The van der Waals surface area contributed by atoms with E-state index in [-0.39, 0.29) is 11.9 Å². The minimum Gasteiger partial charge on any atom is -0.374 e. The molecule has 3 aromatic heterocycles. The molecule has 0 aromatic carbocycles. The number of fused-ring (bicyclic) bond motifs is 1. The number of aliphatic hydroxyl groups excluding tert-OH is 1. The van der Waals surface area contributed by atoms with Gasteiger partial charge in [-0.05, 0) is 49.3 Å².